The number of hydrogen-bond acceptors (Lipinski definition) is 4. The first-order chi connectivity index (χ1) is 9.04. The van der Waals surface area contributed by atoms with Crippen LogP contribution in [0.2, 0.25) is 0 Å². The zero-order valence-electron chi connectivity index (χ0n) is 10.6. The molecule has 0 spiro atoms. The Morgan fingerprint density at radius 1 is 1.32 bits per heavy atom. The van der Waals surface area contributed by atoms with Crippen molar-refractivity contribution >= 4 is 22.7 Å². The summed E-state index contributed by atoms with van der Waals surface area (Å²) in [5, 5.41) is 8.01. The van der Waals surface area contributed by atoms with Crippen molar-refractivity contribution in [2.45, 2.75) is 23.8 Å². The Morgan fingerprint density at radius 2 is 1.95 bits per heavy atom. The number of rotatable bonds is 7. The van der Waals surface area contributed by atoms with Gasteiger partial charge in [-0.25, -0.2) is 0 Å². The SMILES string of the molecule is COC(=O)CCC(C(=O)O)S(=O)Cc1ccccc1. The predicted octanol–water partition coefficient (Wildman–Crippen LogP) is 1.34. The molecular formula is C13H16O5S. The van der Waals surface area contributed by atoms with E-state index in [1.165, 1.54) is 7.11 Å². The van der Waals surface area contributed by atoms with E-state index < -0.39 is 28.0 Å². The van der Waals surface area contributed by atoms with Crippen LogP contribution in [-0.2, 0) is 30.9 Å². The Labute approximate surface area is 114 Å². The molecule has 104 valence electrons. The van der Waals surface area contributed by atoms with Crippen LogP contribution in [0.15, 0.2) is 30.3 Å². The fourth-order valence-electron chi connectivity index (χ4n) is 1.56. The highest BCUT2D eigenvalue weighted by molar-refractivity contribution is 7.85. The van der Waals surface area contributed by atoms with E-state index in [4.69, 9.17) is 5.11 Å². The van der Waals surface area contributed by atoms with Gasteiger partial charge < -0.3 is 9.84 Å². The number of carboxylic acids is 1. The average molecular weight is 284 g/mol. The van der Waals surface area contributed by atoms with Crippen molar-refractivity contribution in [3.05, 3.63) is 35.9 Å². The monoisotopic (exact) mass is 284 g/mol. The molecule has 19 heavy (non-hydrogen) atoms. The normalized spacial score (nSPS) is 13.5. The Balaban J connectivity index is 2.63. The van der Waals surface area contributed by atoms with Crippen molar-refractivity contribution in [1.29, 1.82) is 0 Å². The average Bonchev–Trinajstić information content (AvgIpc) is 2.39. The topological polar surface area (TPSA) is 80.7 Å². The molecule has 0 aliphatic heterocycles. The van der Waals surface area contributed by atoms with Gasteiger partial charge in [0.15, 0.2) is 0 Å². The fourth-order valence-corrected chi connectivity index (χ4v) is 2.89. The zero-order valence-corrected chi connectivity index (χ0v) is 11.4. The molecule has 0 saturated heterocycles. The summed E-state index contributed by atoms with van der Waals surface area (Å²) in [6.07, 6.45) is -0.0323. The maximum Gasteiger partial charge on any atom is 0.319 e. The van der Waals surface area contributed by atoms with Crippen LogP contribution in [0.1, 0.15) is 18.4 Å². The summed E-state index contributed by atoms with van der Waals surface area (Å²) in [5.74, 6) is -1.49. The molecule has 0 aliphatic carbocycles. The lowest BCUT2D eigenvalue weighted by molar-refractivity contribution is -0.141. The molecule has 1 rings (SSSR count). The van der Waals surface area contributed by atoms with Crippen molar-refractivity contribution in [3.63, 3.8) is 0 Å². The van der Waals surface area contributed by atoms with E-state index in [1.807, 2.05) is 6.07 Å². The fraction of sp³-hybridized carbons (Fsp3) is 0.385. The Kier molecular flexibility index (Phi) is 6.21. The number of hydrogen-bond donors (Lipinski definition) is 1. The van der Waals surface area contributed by atoms with E-state index in [9.17, 15) is 13.8 Å². The van der Waals surface area contributed by atoms with Gasteiger partial charge >= 0.3 is 11.9 Å². The van der Waals surface area contributed by atoms with E-state index in [0.29, 0.717) is 0 Å². The standard InChI is InChI=1S/C13H16O5S/c1-18-12(14)8-7-11(13(15)16)19(17)9-10-5-3-2-4-6-10/h2-6,11H,7-9H2,1H3,(H,15,16). The van der Waals surface area contributed by atoms with Gasteiger partial charge in [-0.3, -0.25) is 13.8 Å². The van der Waals surface area contributed by atoms with Crippen LogP contribution in [0.25, 0.3) is 0 Å². The minimum absolute atomic E-state index is 0.0153. The summed E-state index contributed by atoms with van der Waals surface area (Å²) in [7, 11) is -0.329. The van der Waals surface area contributed by atoms with Crippen LogP contribution < -0.4 is 0 Å². The molecule has 0 radical (unpaired) electrons. The minimum Gasteiger partial charge on any atom is -0.480 e. The second-order valence-electron chi connectivity index (χ2n) is 3.95. The smallest absolute Gasteiger partial charge is 0.319 e. The maximum absolute atomic E-state index is 12.0. The van der Waals surface area contributed by atoms with E-state index in [1.54, 1.807) is 24.3 Å². The third kappa shape index (κ3) is 5.21. The number of carbonyl (C=O) groups excluding carboxylic acids is 1. The minimum atomic E-state index is -1.56. The van der Waals surface area contributed by atoms with Crippen LogP contribution in [-0.4, -0.2) is 33.6 Å². The van der Waals surface area contributed by atoms with Crippen LogP contribution >= 0.6 is 0 Å². The van der Waals surface area contributed by atoms with Gasteiger partial charge in [0.05, 0.1) is 7.11 Å². The first-order valence-corrected chi connectivity index (χ1v) is 7.13. The van der Waals surface area contributed by atoms with Gasteiger partial charge in [0, 0.05) is 23.0 Å². The maximum atomic E-state index is 12.0. The third-order valence-electron chi connectivity index (χ3n) is 2.58. The van der Waals surface area contributed by atoms with Gasteiger partial charge in [-0.1, -0.05) is 30.3 Å². The molecule has 1 aromatic carbocycles. The third-order valence-corrected chi connectivity index (χ3v) is 4.27. The van der Waals surface area contributed by atoms with Crippen molar-refractivity contribution in [3.8, 4) is 0 Å². The number of carboxylic acid groups (broad SMARTS) is 1. The molecule has 0 fully saturated rings. The van der Waals surface area contributed by atoms with Crippen molar-refractivity contribution in [1.82, 2.24) is 0 Å². The first kappa shape index (κ1) is 15.4. The summed E-state index contributed by atoms with van der Waals surface area (Å²) in [6.45, 7) is 0. The van der Waals surface area contributed by atoms with E-state index in [-0.39, 0.29) is 18.6 Å². The van der Waals surface area contributed by atoms with E-state index >= 15 is 0 Å². The lowest BCUT2D eigenvalue weighted by Crippen LogP contribution is -2.27. The highest BCUT2D eigenvalue weighted by atomic mass is 32.2. The Morgan fingerprint density at radius 3 is 2.47 bits per heavy atom. The lowest BCUT2D eigenvalue weighted by Gasteiger charge is -2.11. The van der Waals surface area contributed by atoms with Gasteiger partial charge in [0.25, 0.3) is 0 Å². The highest BCUT2D eigenvalue weighted by Crippen LogP contribution is 2.12. The zero-order chi connectivity index (χ0) is 14.3. The second-order valence-corrected chi connectivity index (χ2v) is 5.57. The molecule has 0 amide bonds. The largest absolute Gasteiger partial charge is 0.480 e. The van der Waals surface area contributed by atoms with Crippen LogP contribution in [0.5, 0.6) is 0 Å². The molecular weight excluding hydrogens is 268 g/mol. The van der Waals surface area contributed by atoms with Crippen LogP contribution in [0.4, 0.5) is 0 Å². The number of aliphatic carboxylic acids is 1. The summed E-state index contributed by atoms with van der Waals surface area (Å²) >= 11 is 0. The molecule has 5 nitrogen and oxygen atoms in total. The Hall–Kier alpha value is -1.69. The van der Waals surface area contributed by atoms with Crippen LogP contribution in [0.3, 0.4) is 0 Å². The molecule has 2 atom stereocenters. The quantitative estimate of drug-likeness (QED) is 0.764. The number of carbonyl (C=O) groups is 2. The van der Waals surface area contributed by atoms with Crippen molar-refractivity contribution < 1.29 is 23.6 Å². The number of methoxy groups -OCH3 is 1. The molecule has 0 saturated carbocycles. The first-order valence-electron chi connectivity index (χ1n) is 5.75. The summed E-state index contributed by atoms with van der Waals surface area (Å²) in [4.78, 5) is 22.1. The van der Waals surface area contributed by atoms with Gasteiger partial charge in [-0.05, 0) is 12.0 Å². The van der Waals surface area contributed by atoms with Crippen molar-refractivity contribution in [2.75, 3.05) is 7.11 Å². The lowest BCUT2D eigenvalue weighted by atomic mass is 10.2. The summed E-state index contributed by atoms with van der Waals surface area (Å²) in [5.41, 5.74) is 0.810. The Bertz CT molecular complexity index is 457. The number of benzene rings is 1. The predicted molar refractivity (Wildman–Crippen MR) is 71.0 cm³/mol. The molecule has 6 heteroatoms. The second kappa shape index (κ2) is 7.68. The van der Waals surface area contributed by atoms with Gasteiger partial charge in [0.2, 0.25) is 0 Å². The molecule has 0 aliphatic rings. The van der Waals surface area contributed by atoms with E-state index in [2.05, 4.69) is 4.74 Å². The molecule has 0 aromatic heterocycles. The summed E-state index contributed by atoms with van der Waals surface area (Å²) in [6, 6.07) is 9.01. The van der Waals surface area contributed by atoms with Gasteiger partial charge in [-0.2, -0.15) is 0 Å². The molecule has 0 heterocycles. The van der Waals surface area contributed by atoms with Crippen molar-refractivity contribution in [2.24, 2.45) is 0 Å². The number of ether oxygens (including phenoxy) is 1. The molecule has 0 bridgehead atoms. The summed E-state index contributed by atoms with van der Waals surface area (Å²) < 4.78 is 16.5. The number of esters is 1. The van der Waals surface area contributed by atoms with E-state index in [0.717, 1.165) is 5.56 Å². The molecule has 1 aromatic rings. The highest BCUT2D eigenvalue weighted by Gasteiger charge is 2.25. The molecule has 2 unspecified atom stereocenters. The van der Waals surface area contributed by atoms with Gasteiger partial charge in [-0.15, -0.1) is 0 Å². The molecule has 1 N–H and O–H groups in total. The van der Waals surface area contributed by atoms with Crippen LogP contribution in [0, 0.1) is 0 Å². The van der Waals surface area contributed by atoms with Gasteiger partial charge in [0.1, 0.15) is 5.25 Å².